The number of aliphatic hydroxyl groups excluding tert-OH is 1. The number of methoxy groups -OCH3 is 1. The molecule has 0 radical (unpaired) electrons. The summed E-state index contributed by atoms with van der Waals surface area (Å²) in [5, 5.41) is 13.4. The van der Waals surface area contributed by atoms with Crippen LogP contribution in [0.25, 0.3) is 0 Å². The van der Waals surface area contributed by atoms with Gasteiger partial charge in [0.25, 0.3) is 5.91 Å². The number of anilines is 1. The molecule has 0 bridgehead atoms. The number of nitrogens with one attached hydrogen (secondary N) is 1. The number of carbonyl (C=O) groups is 1. The summed E-state index contributed by atoms with van der Waals surface area (Å²) >= 11 is 0. The molecule has 4 nitrogen and oxygen atoms in total. The molecule has 4 heteroatoms. The van der Waals surface area contributed by atoms with Gasteiger partial charge >= 0.3 is 0 Å². The quantitative estimate of drug-likeness (QED) is 0.806. The Labute approximate surface area is 149 Å². The van der Waals surface area contributed by atoms with E-state index in [1.807, 2.05) is 18.2 Å². The van der Waals surface area contributed by atoms with Gasteiger partial charge < -0.3 is 15.2 Å². The highest BCUT2D eigenvalue weighted by Crippen LogP contribution is 2.33. The van der Waals surface area contributed by atoms with Crippen molar-refractivity contribution in [3.63, 3.8) is 0 Å². The molecule has 25 heavy (non-hydrogen) atoms. The van der Waals surface area contributed by atoms with Gasteiger partial charge in [0.2, 0.25) is 0 Å². The van der Waals surface area contributed by atoms with Gasteiger partial charge in [0.05, 0.1) is 7.11 Å². The highest BCUT2D eigenvalue weighted by molar-refractivity contribution is 5.96. The average molecular weight is 341 g/mol. The number of hydrogen-bond acceptors (Lipinski definition) is 3. The smallest absolute Gasteiger partial charge is 0.257 e. The van der Waals surface area contributed by atoms with Gasteiger partial charge in [-0.15, -0.1) is 0 Å². The molecule has 0 saturated carbocycles. The molecular weight excluding hydrogens is 314 g/mol. The highest BCUT2D eigenvalue weighted by Gasteiger charge is 2.22. The van der Waals surface area contributed by atoms with Crippen molar-refractivity contribution in [1.82, 2.24) is 0 Å². The van der Waals surface area contributed by atoms with Gasteiger partial charge in [-0.1, -0.05) is 58.0 Å². The molecule has 0 fully saturated rings. The fourth-order valence-electron chi connectivity index (χ4n) is 2.85. The van der Waals surface area contributed by atoms with Crippen LogP contribution in [0.1, 0.15) is 62.3 Å². The Hall–Kier alpha value is -2.33. The van der Waals surface area contributed by atoms with Gasteiger partial charge in [0.15, 0.2) is 6.10 Å². The lowest BCUT2D eigenvalue weighted by atomic mass is 9.92. The third kappa shape index (κ3) is 4.40. The summed E-state index contributed by atoms with van der Waals surface area (Å²) in [4.78, 5) is 12.7. The second-order valence-electron chi connectivity index (χ2n) is 6.79. The Balaban J connectivity index is 2.33. The van der Waals surface area contributed by atoms with Gasteiger partial charge in [0.1, 0.15) is 5.75 Å². The minimum atomic E-state index is -1.25. The lowest BCUT2D eigenvalue weighted by Gasteiger charge is -2.21. The average Bonchev–Trinajstić information content (AvgIpc) is 2.60. The number of aliphatic hydroxyl groups is 1. The Kier molecular flexibility index (Phi) is 6.21. The Morgan fingerprint density at radius 1 is 1.00 bits per heavy atom. The normalized spacial score (nSPS) is 12.3. The predicted octanol–water partition coefficient (Wildman–Crippen LogP) is 4.61. The van der Waals surface area contributed by atoms with Crippen LogP contribution in [0.3, 0.4) is 0 Å². The zero-order valence-electron chi connectivity index (χ0n) is 15.5. The van der Waals surface area contributed by atoms with Crippen LogP contribution in [-0.4, -0.2) is 18.1 Å². The molecule has 0 aliphatic heterocycles. The zero-order chi connectivity index (χ0) is 18.6. The molecule has 1 atom stereocenters. The molecule has 0 spiro atoms. The Bertz CT molecular complexity index is 711. The first-order chi connectivity index (χ1) is 11.8. The predicted molar refractivity (Wildman–Crippen MR) is 101 cm³/mol. The van der Waals surface area contributed by atoms with E-state index in [9.17, 15) is 9.90 Å². The summed E-state index contributed by atoms with van der Waals surface area (Å²) < 4.78 is 5.16. The molecule has 1 unspecified atom stereocenters. The Morgan fingerprint density at radius 2 is 1.56 bits per heavy atom. The molecule has 2 N–H and O–H groups in total. The van der Waals surface area contributed by atoms with Crippen LogP contribution in [0.2, 0.25) is 0 Å². The number of amides is 1. The van der Waals surface area contributed by atoms with E-state index in [1.54, 1.807) is 31.4 Å². The van der Waals surface area contributed by atoms with Crippen molar-refractivity contribution in [2.75, 3.05) is 12.4 Å². The van der Waals surface area contributed by atoms with Gasteiger partial charge in [-0.05, 0) is 40.7 Å². The van der Waals surface area contributed by atoms with Crippen LogP contribution in [0.15, 0.2) is 42.5 Å². The SMILES string of the molecule is COc1cccc(C(O)C(=O)Nc2c(C(C)C)cccc2C(C)C)c1. The van der Waals surface area contributed by atoms with Crippen molar-refractivity contribution in [1.29, 1.82) is 0 Å². The number of hydrogen-bond donors (Lipinski definition) is 2. The van der Waals surface area contributed by atoms with E-state index in [2.05, 4.69) is 33.0 Å². The fourth-order valence-corrected chi connectivity index (χ4v) is 2.85. The summed E-state index contributed by atoms with van der Waals surface area (Å²) in [5.41, 5.74) is 3.44. The molecule has 0 aliphatic rings. The lowest BCUT2D eigenvalue weighted by molar-refractivity contribution is -0.124. The molecule has 134 valence electrons. The van der Waals surface area contributed by atoms with Gasteiger partial charge in [-0.3, -0.25) is 4.79 Å². The number of rotatable bonds is 6. The van der Waals surface area contributed by atoms with E-state index in [0.717, 1.165) is 16.8 Å². The summed E-state index contributed by atoms with van der Waals surface area (Å²) in [6.07, 6.45) is -1.25. The van der Waals surface area contributed by atoms with Crippen molar-refractivity contribution in [3.05, 3.63) is 59.2 Å². The molecule has 2 aromatic carbocycles. The Morgan fingerprint density at radius 3 is 2.08 bits per heavy atom. The van der Waals surface area contributed by atoms with E-state index in [0.29, 0.717) is 11.3 Å². The largest absolute Gasteiger partial charge is 0.497 e. The van der Waals surface area contributed by atoms with Crippen LogP contribution in [0.4, 0.5) is 5.69 Å². The van der Waals surface area contributed by atoms with Crippen molar-refractivity contribution in [2.45, 2.75) is 45.6 Å². The second-order valence-corrected chi connectivity index (χ2v) is 6.79. The van der Waals surface area contributed by atoms with Crippen molar-refractivity contribution in [3.8, 4) is 5.75 Å². The van der Waals surface area contributed by atoms with Crippen LogP contribution in [-0.2, 0) is 4.79 Å². The standard InChI is InChI=1S/C21H27NO3/c1-13(2)17-10-7-11-18(14(3)4)19(17)22-21(24)20(23)15-8-6-9-16(12-15)25-5/h6-14,20,23H,1-5H3,(H,22,24). The lowest BCUT2D eigenvalue weighted by Crippen LogP contribution is -2.22. The van der Waals surface area contributed by atoms with Crippen LogP contribution >= 0.6 is 0 Å². The number of carbonyl (C=O) groups excluding carboxylic acids is 1. The van der Waals surface area contributed by atoms with E-state index in [-0.39, 0.29) is 11.8 Å². The third-order valence-corrected chi connectivity index (χ3v) is 4.28. The molecule has 2 rings (SSSR count). The molecule has 0 aromatic heterocycles. The zero-order valence-corrected chi connectivity index (χ0v) is 15.5. The van der Waals surface area contributed by atoms with E-state index >= 15 is 0 Å². The molecule has 0 heterocycles. The van der Waals surface area contributed by atoms with Crippen molar-refractivity contribution >= 4 is 11.6 Å². The summed E-state index contributed by atoms with van der Waals surface area (Å²) in [7, 11) is 1.55. The van der Waals surface area contributed by atoms with Crippen LogP contribution in [0.5, 0.6) is 5.75 Å². The first kappa shape index (κ1) is 19.0. The summed E-state index contributed by atoms with van der Waals surface area (Å²) in [6, 6.07) is 13.0. The third-order valence-electron chi connectivity index (χ3n) is 4.28. The number of ether oxygens (including phenoxy) is 1. The maximum Gasteiger partial charge on any atom is 0.257 e. The fraction of sp³-hybridized carbons (Fsp3) is 0.381. The minimum absolute atomic E-state index is 0.267. The van der Waals surface area contributed by atoms with E-state index < -0.39 is 12.0 Å². The molecule has 0 saturated heterocycles. The molecule has 2 aromatic rings. The van der Waals surface area contributed by atoms with Crippen LogP contribution < -0.4 is 10.1 Å². The minimum Gasteiger partial charge on any atom is -0.497 e. The van der Waals surface area contributed by atoms with Crippen LogP contribution in [0, 0.1) is 0 Å². The van der Waals surface area contributed by atoms with E-state index in [1.165, 1.54) is 0 Å². The van der Waals surface area contributed by atoms with Gasteiger partial charge in [-0.2, -0.15) is 0 Å². The summed E-state index contributed by atoms with van der Waals surface area (Å²) in [5.74, 6) is 0.698. The maximum atomic E-state index is 12.7. The second kappa shape index (κ2) is 8.17. The van der Waals surface area contributed by atoms with E-state index in [4.69, 9.17) is 4.74 Å². The first-order valence-electron chi connectivity index (χ1n) is 8.60. The van der Waals surface area contributed by atoms with Crippen molar-refractivity contribution < 1.29 is 14.6 Å². The van der Waals surface area contributed by atoms with Gasteiger partial charge in [0, 0.05) is 5.69 Å². The number of para-hydroxylation sites is 1. The highest BCUT2D eigenvalue weighted by atomic mass is 16.5. The molecular formula is C21H27NO3. The van der Waals surface area contributed by atoms with Crippen molar-refractivity contribution in [2.24, 2.45) is 0 Å². The summed E-state index contributed by atoms with van der Waals surface area (Å²) in [6.45, 7) is 8.36. The topological polar surface area (TPSA) is 58.6 Å². The number of benzene rings is 2. The monoisotopic (exact) mass is 341 g/mol. The first-order valence-corrected chi connectivity index (χ1v) is 8.60. The molecule has 0 aliphatic carbocycles. The van der Waals surface area contributed by atoms with Gasteiger partial charge in [-0.25, -0.2) is 0 Å². The molecule has 1 amide bonds. The maximum absolute atomic E-state index is 12.7.